The molecule has 112 valence electrons. The summed E-state index contributed by atoms with van der Waals surface area (Å²) in [4.78, 5) is 15.3. The molecule has 1 aliphatic rings. The van der Waals surface area contributed by atoms with E-state index in [1.54, 1.807) is 37.1 Å². The van der Waals surface area contributed by atoms with Gasteiger partial charge < -0.3 is 4.90 Å². The average molecular weight is 291 g/mol. The maximum atomic E-state index is 12.1. The predicted octanol–water partition coefficient (Wildman–Crippen LogP) is -0.179. The van der Waals surface area contributed by atoms with E-state index in [9.17, 15) is 13.2 Å². The van der Waals surface area contributed by atoms with Gasteiger partial charge in [-0.1, -0.05) is 0 Å². The molecule has 0 radical (unpaired) electrons. The molecule has 1 rings (SSSR count). The van der Waals surface area contributed by atoms with Gasteiger partial charge in [0.2, 0.25) is 15.9 Å². The van der Waals surface area contributed by atoms with Gasteiger partial charge in [0, 0.05) is 33.7 Å². The van der Waals surface area contributed by atoms with E-state index >= 15 is 0 Å². The summed E-state index contributed by atoms with van der Waals surface area (Å²) in [6.45, 7) is 6.17. The highest BCUT2D eigenvalue weighted by Gasteiger charge is 2.28. The molecule has 19 heavy (non-hydrogen) atoms. The second-order valence-electron chi connectivity index (χ2n) is 5.41. The molecule has 0 spiro atoms. The first kappa shape index (κ1) is 16.4. The first-order valence-electron chi connectivity index (χ1n) is 6.66. The molecule has 1 heterocycles. The molecule has 0 aromatic rings. The summed E-state index contributed by atoms with van der Waals surface area (Å²) >= 11 is 0. The van der Waals surface area contributed by atoms with Gasteiger partial charge in [-0.2, -0.15) is 0 Å². The predicted molar refractivity (Wildman–Crippen MR) is 75.4 cm³/mol. The van der Waals surface area contributed by atoms with Crippen LogP contribution in [-0.4, -0.2) is 80.5 Å². The lowest BCUT2D eigenvalue weighted by atomic mass is 10.4. The van der Waals surface area contributed by atoms with Crippen LogP contribution in [0, 0.1) is 0 Å². The molecule has 1 amide bonds. The first-order valence-corrected chi connectivity index (χ1v) is 8.17. The second-order valence-corrected chi connectivity index (χ2v) is 7.90. The van der Waals surface area contributed by atoms with Gasteiger partial charge in [0.1, 0.15) is 0 Å². The number of rotatable bonds is 4. The lowest BCUT2D eigenvalue weighted by Gasteiger charge is -2.23. The zero-order valence-electron chi connectivity index (χ0n) is 12.3. The minimum absolute atomic E-state index is 0.0557. The van der Waals surface area contributed by atoms with Crippen molar-refractivity contribution in [3.63, 3.8) is 0 Å². The van der Waals surface area contributed by atoms with Crippen molar-refractivity contribution in [3.8, 4) is 0 Å². The van der Waals surface area contributed by atoms with Crippen LogP contribution >= 0.6 is 0 Å². The third-order valence-electron chi connectivity index (χ3n) is 3.36. The number of amides is 1. The summed E-state index contributed by atoms with van der Waals surface area (Å²) in [6.07, 6.45) is 0.770. The van der Waals surface area contributed by atoms with Crippen molar-refractivity contribution in [2.24, 2.45) is 0 Å². The fraction of sp³-hybridized carbons (Fsp3) is 0.917. The van der Waals surface area contributed by atoms with Gasteiger partial charge in [-0.3, -0.25) is 9.69 Å². The molecule has 0 aromatic carbocycles. The van der Waals surface area contributed by atoms with E-state index in [0.29, 0.717) is 26.2 Å². The molecule has 0 bridgehead atoms. The number of carbonyl (C=O) groups is 1. The molecule has 1 fully saturated rings. The molecule has 0 saturated carbocycles. The average Bonchev–Trinajstić information content (AvgIpc) is 2.54. The van der Waals surface area contributed by atoms with E-state index < -0.39 is 10.0 Å². The third-order valence-corrected chi connectivity index (χ3v) is 5.64. The molecule has 6 nitrogen and oxygen atoms in total. The molecule has 0 unspecified atom stereocenters. The number of likely N-dealkylation sites (N-methyl/N-ethyl adjacent to an activating group) is 1. The zero-order chi connectivity index (χ0) is 14.6. The van der Waals surface area contributed by atoms with Crippen molar-refractivity contribution >= 4 is 15.9 Å². The van der Waals surface area contributed by atoms with E-state index in [4.69, 9.17) is 0 Å². The summed E-state index contributed by atoms with van der Waals surface area (Å²) in [5.74, 6) is 0.0557. The third kappa shape index (κ3) is 4.43. The fourth-order valence-corrected chi connectivity index (χ4v) is 3.31. The summed E-state index contributed by atoms with van der Waals surface area (Å²) < 4.78 is 25.8. The Kier molecular flexibility index (Phi) is 5.76. The van der Waals surface area contributed by atoms with E-state index in [1.807, 2.05) is 4.90 Å². The Morgan fingerprint density at radius 2 is 1.79 bits per heavy atom. The number of hydrogen-bond donors (Lipinski definition) is 0. The highest BCUT2D eigenvalue weighted by molar-refractivity contribution is 7.89. The summed E-state index contributed by atoms with van der Waals surface area (Å²) in [6, 6.07) is 0. The molecule has 1 aliphatic heterocycles. The van der Waals surface area contributed by atoms with Crippen LogP contribution in [0.2, 0.25) is 0 Å². The zero-order valence-corrected chi connectivity index (χ0v) is 13.1. The van der Waals surface area contributed by atoms with Crippen molar-refractivity contribution in [2.45, 2.75) is 25.5 Å². The van der Waals surface area contributed by atoms with E-state index in [2.05, 4.69) is 0 Å². The Bertz CT molecular complexity index is 406. The minimum atomic E-state index is -3.18. The lowest BCUT2D eigenvalue weighted by Crippen LogP contribution is -2.41. The van der Waals surface area contributed by atoms with Crippen molar-refractivity contribution in [1.82, 2.24) is 14.1 Å². The van der Waals surface area contributed by atoms with E-state index in [-0.39, 0.29) is 11.2 Å². The largest absolute Gasteiger partial charge is 0.348 e. The summed E-state index contributed by atoms with van der Waals surface area (Å²) in [7, 11) is 0.283. The number of carbonyl (C=O) groups excluding carboxylic acids is 1. The minimum Gasteiger partial charge on any atom is -0.348 e. The Morgan fingerprint density at radius 1 is 1.16 bits per heavy atom. The number of sulfonamides is 1. The maximum Gasteiger partial charge on any atom is 0.236 e. The molecule has 0 aliphatic carbocycles. The highest BCUT2D eigenvalue weighted by atomic mass is 32.2. The Labute approximate surface area is 116 Å². The number of hydrogen-bond acceptors (Lipinski definition) is 4. The van der Waals surface area contributed by atoms with Crippen molar-refractivity contribution in [1.29, 1.82) is 0 Å². The normalized spacial score (nSPS) is 19.4. The molecule has 7 heteroatoms. The van der Waals surface area contributed by atoms with Gasteiger partial charge >= 0.3 is 0 Å². The maximum absolute atomic E-state index is 12.1. The van der Waals surface area contributed by atoms with Gasteiger partial charge in [0.25, 0.3) is 0 Å². The van der Waals surface area contributed by atoms with E-state index in [1.165, 1.54) is 0 Å². The summed E-state index contributed by atoms with van der Waals surface area (Å²) in [5.41, 5.74) is 0. The van der Waals surface area contributed by atoms with Crippen molar-refractivity contribution in [3.05, 3.63) is 0 Å². The van der Waals surface area contributed by atoms with Gasteiger partial charge in [-0.15, -0.1) is 0 Å². The van der Waals surface area contributed by atoms with Crippen LogP contribution in [0.15, 0.2) is 0 Å². The van der Waals surface area contributed by atoms with Gasteiger partial charge in [-0.25, -0.2) is 12.7 Å². The summed E-state index contributed by atoms with van der Waals surface area (Å²) in [5, 5.41) is -0.387. The SMILES string of the molecule is CC(C)S(=O)(=O)N1CCCN(CC(=O)N(C)C)CC1. The van der Waals surface area contributed by atoms with Crippen LogP contribution in [0.25, 0.3) is 0 Å². The number of nitrogens with zero attached hydrogens (tertiary/aromatic N) is 3. The van der Waals surface area contributed by atoms with Gasteiger partial charge in [0.05, 0.1) is 11.8 Å². The van der Waals surface area contributed by atoms with E-state index in [0.717, 1.165) is 13.0 Å². The van der Waals surface area contributed by atoms with Crippen molar-refractivity contribution in [2.75, 3.05) is 46.8 Å². The smallest absolute Gasteiger partial charge is 0.236 e. The molecular weight excluding hydrogens is 266 g/mol. The Morgan fingerprint density at radius 3 is 2.32 bits per heavy atom. The highest BCUT2D eigenvalue weighted by Crippen LogP contribution is 2.12. The van der Waals surface area contributed by atoms with Crippen LogP contribution in [0.1, 0.15) is 20.3 Å². The Hall–Kier alpha value is -0.660. The van der Waals surface area contributed by atoms with Crippen LogP contribution in [0.3, 0.4) is 0 Å². The molecule has 0 N–H and O–H groups in total. The lowest BCUT2D eigenvalue weighted by molar-refractivity contribution is -0.129. The molecule has 0 aromatic heterocycles. The first-order chi connectivity index (χ1) is 8.75. The molecule has 0 atom stereocenters. The van der Waals surface area contributed by atoms with Gasteiger partial charge in [-0.05, 0) is 26.8 Å². The van der Waals surface area contributed by atoms with Crippen LogP contribution in [0.4, 0.5) is 0 Å². The monoisotopic (exact) mass is 291 g/mol. The van der Waals surface area contributed by atoms with Crippen LogP contribution in [0.5, 0.6) is 0 Å². The topological polar surface area (TPSA) is 60.9 Å². The molecular formula is C12H25N3O3S. The Balaban J connectivity index is 2.60. The quantitative estimate of drug-likeness (QED) is 0.721. The fourth-order valence-electron chi connectivity index (χ4n) is 1.99. The van der Waals surface area contributed by atoms with Crippen LogP contribution in [-0.2, 0) is 14.8 Å². The van der Waals surface area contributed by atoms with Crippen molar-refractivity contribution < 1.29 is 13.2 Å². The molecule has 1 saturated heterocycles. The standard InChI is InChI=1S/C12H25N3O3S/c1-11(2)19(17,18)15-7-5-6-14(8-9-15)10-12(16)13(3)4/h11H,5-10H2,1-4H3. The van der Waals surface area contributed by atoms with Crippen LogP contribution < -0.4 is 0 Å². The second kappa shape index (κ2) is 6.67. The van der Waals surface area contributed by atoms with Gasteiger partial charge in [0.15, 0.2) is 0 Å².